The minimum Gasteiger partial charge on any atom is -0.478 e. The van der Waals surface area contributed by atoms with Gasteiger partial charge in [0, 0.05) is 11.9 Å². The number of aromatic nitrogens is 1. The fraction of sp³-hybridized carbons (Fsp3) is 0.600. The molecular formula is C15H23NO2. The predicted octanol–water partition coefficient (Wildman–Crippen LogP) is 4.07. The molecular weight excluding hydrogens is 226 g/mol. The Morgan fingerprint density at radius 2 is 1.78 bits per heavy atom. The van der Waals surface area contributed by atoms with Crippen LogP contribution in [0.5, 0.6) is 0 Å². The molecule has 1 rings (SSSR count). The van der Waals surface area contributed by atoms with Gasteiger partial charge in [-0.1, -0.05) is 45.4 Å². The van der Waals surface area contributed by atoms with Crippen molar-refractivity contribution in [3.8, 4) is 0 Å². The van der Waals surface area contributed by atoms with Crippen molar-refractivity contribution in [1.82, 2.24) is 4.98 Å². The van der Waals surface area contributed by atoms with E-state index in [4.69, 9.17) is 5.11 Å². The summed E-state index contributed by atoms with van der Waals surface area (Å²) >= 11 is 0. The van der Waals surface area contributed by atoms with E-state index in [2.05, 4.69) is 11.9 Å². The number of hydrogen-bond donors (Lipinski definition) is 1. The second-order valence-electron chi connectivity index (χ2n) is 4.71. The quantitative estimate of drug-likeness (QED) is 0.671. The van der Waals surface area contributed by atoms with Crippen LogP contribution in [-0.4, -0.2) is 16.1 Å². The highest BCUT2D eigenvalue weighted by Gasteiger charge is 2.02. The van der Waals surface area contributed by atoms with Gasteiger partial charge in [-0.2, -0.15) is 0 Å². The lowest BCUT2D eigenvalue weighted by Crippen LogP contribution is -1.98. The van der Waals surface area contributed by atoms with Crippen molar-refractivity contribution < 1.29 is 9.90 Å². The summed E-state index contributed by atoms with van der Waals surface area (Å²) in [5.74, 6) is -0.912. The Morgan fingerprint density at radius 1 is 1.11 bits per heavy atom. The summed E-state index contributed by atoms with van der Waals surface area (Å²) in [6, 6.07) is 3.45. The number of pyridine rings is 1. The molecule has 0 saturated carbocycles. The molecule has 0 amide bonds. The largest absolute Gasteiger partial charge is 0.478 e. The zero-order valence-corrected chi connectivity index (χ0v) is 11.2. The van der Waals surface area contributed by atoms with E-state index in [1.165, 1.54) is 44.7 Å². The average molecular weight is 249 g/mol. The highest BCUT2D eigenvalue weighted by Crippen LogP contribution is 2.10. The van der Waals surface area contributed by atoms with Crippen LogP contribution in [0.2, 0.25) is 0 Å². The van der Waals surface area contributed by atoms with Crippen molar-refractivity contribution in [3.05, 3.63) is 29.6 Å². The van der Waals surface area contributed by atoms with Gasteiger partial charge in [0.05, 0.1) is 5.56 Å². The number of hydrogen-bond acceptors (Lipinski definition) is 2. The van der Waals surface area contributed by atoms with Gasteiger partial charge < -0.3 is 5.11 Å². The number of nitrogens with zero attached hydrogens (tertiary/aromatic N) is 1. The van der Waals surface area contributed by atoms with E-state index in [-0.39, 0.29) is 5.56 Å². The highest BCUT2D eigenvalue weighted by atomic mass is 16.4. The van der Waals surface area contributed by atoms with E-state index in [9.17, 15) is 4.79 Å². The van der Waals surface area contributed by atoms with Gasteiger partial charge >= 0.3 is 5.97 Å². The molecule has 0 fully saturated rings. The maximum atomic E-state index is 10.7. The molecule has 100 valence electrons. The standard InChI is InChI=1S/C15H23NO2/c1-2-3-4-5-6-7-8-9-14-11-10-13(12-16-14)15(17)18/h10-12H,2-9H2,1H3,(H,17,18). The van der Waals surface area contributed by atoms with Gasteiger partial charge in [-0.25, -0.2) is 4.79 Å². The SMILES string of the molecule is CCCCCCCCCc1ccc(C(=O)O)cn1. The van der Waals surface area contributed by atoms with Crippen LogP contribution in [0.3, 0.4) is 0 Å². The zero-order valence-electron chi connectivity index (χ0n) is 11.2. The first-order valence-electron chi connectivity index (χ1n) is 6.92. The van der Waals surface area contributed by atoms with Gasteiger partial charge in [-0.15, -0.1) is 0 Å². The molecule has 0 unspecified atom stereocenters. The Labute approximate surface area is 109 Å². The van der Waals surface area contributed by atoms with Crippen molar-refractivity contribution in [2.75, 3.05) is 0 Å². The summed E-state index contributed by atoms with van der Waals surface area (Å²) in [4.78, 5) is 14.8. The third-order valence-electron chi connectivity index (χ3n) is 3.11. The normalized spacial score (nSPS) is 10.5. The lowest BCUT2D eigenvalue weighted by atomic mass is 10.1. The monoisotopic (exact) mass is 249 g/mol. The molecule has 0 radical (unpaired) electrons. The Hall–Kier alpha value is -1.38. The maximum absolute atomic E-state index is 10.7. The van der Waals surface area contributed by atoms with Gasteiger partial charge in [0.25, 0.3) is 0 Å². The van der Waals surface area contributed by atoms with Crippen LogP contribution in [0.25, 0.3) is 0 Å². The first kappa shape index (κ1) is 14.7. The Bertz CT molecular complexity index is 346. The number of rotatable bonds is 9. The number of unbranched alkanes of at least 4 members (excludes halogenated alkanes) is 6. The summed E-state index contributed by atoms with van der Waals surface area (Å²) in [5.41, 5.74) is 1.26. The van der Waals surface area contributed by atoms with E-state index in [0.717, 1.165) is 18.5 Å². The van der Waals surface area contributed by atoms with Crippen LogP contribution in [0, 0.1) is 0 Å². The van der Waals surface area contributed by atoms with Crippen molar-refractivity contribution in [2.24, 2.45) is 0 Å². The third-order valence-corrected chi connectivity index (χ3v) is 3.11. The molecule has 1 heterocycles. The topological polar surface area (TPSA) is 50.2 Å². The maximum Gasteiger partial charge on any atom is 0.337 e. The fourth-order valence-corrected chi connectivity index (χ4v) is 1.96. The van der Waals surface area contributed by atoms with Crippen LogP contribution in [0.1, 0.15) is 67.9 Å². The molecule has 3 heteroatoms. The van der Waals surface area contributed by atoms with Gasteiger partial charge in [0.1, 0.15) is 0 Å². The van der Waals surface area contributed by atoms with Crippen LogP contribution >= 0.6 is 0 Å². The molecule has 0 aliphatic carbocycles. The number of aromatic carboxylic acids is 1. The molecule has 3 nitrogen and oxygen atoms in total. The lowest BCUT2D eigenvalue weighted by molar-refractivity contribution is 0.0696. The molecule has 0 aromatic carbocycles. The van der Waals surface area contributed by atoms with E-state index >= 15 is 0 Å². The van der Waals surface area contributed by atoms with Crippen molar-refractivity contribution in [3.63, 3.8) is 0 Å². The van der Waals surface area contributed by atoms with Crippen LogP contribution in [0.4, 0.5) is 0 Å². The number of carbonyl (C=O) groups is 1. The average Bonchev–Trinajstić information content (AvgIpc) is 2.38. The van der Waals surface area contributed by atoms with Crippen LogP contribution in [-0.2, 0) is 6.42 Å². The van der Waals surface area contributed by atoms with Crippen LogP contribution in [0.15, 0.2) is 18.3 Å². The van der Waals surface area contributed by atoms with Gasteiger partial charge in [0.2, 0.25) is 0 Å². The zero-order chi connectivity index (χ0) is 13.2. The Kier molecular flexibility index (Phi) is 7.07. The van der Waals surface area contributed by atoms with Gasteiger partial charge in [-0.05, 0) is 25.0 Å². The molecule has 1 N–H and O–H groups in total. The molecule has 1 aromatic heterocycles. The summed E-state index contributed by atoms with van der Waals surface area (Å²) in [5, 5.41) is 8.75. The van der Waals surface area contributed by atoms with Gasteiger partial charge in [0.15, 0.2) is 0 Å². The summed E-state index contributed by atoms with van der Waals surface area (Å²) in [7, 11) is 0. The summed E-state index contributed by atoms with van der Waals surface area (Å²) in [6.07, 6.45) is 11.4. The predicted molar refractivity (Wildman–Crippen MR) is 72.9 cm³/mol. The van der Waals surface area contributed by atoms with Crippen molar-refractivity contribution >= 4 is 5.97 Å². The molecule has 0 bridgehead atoms. The molecule has 0 atom stereocenters. The fourth-order valence-electron chi connectivity index (χ4n) is 1.96. The van der Waals surface area contributed by atoms with Gasteiger partial charge in [-0.3, -0.25) is 4.98 Å². The third kappa shape index (κ3) is 5.80. The second-order valence-corrected chi connectivity index (χ2v) is 4.71. The van der Waals surface area contributed by atoms with E-state index in [0.29, 0.717) is 0 Å². The number of carboxylic acid groups (broad SMARTS) is 1. The Balaban J connectivity index is 2.14. The molecule has 0 saturated heterocycles. The molecule has 18 heavy (non-hydrogen) atoms. The molecule has 1 aromatic rings. The van der Waals surface area contributed by atoms with E-state index < -0.39 is 5.97 Å². The number of aryl methyl sites for hydroxylation is 1. The highest BCUT2D eigenvalue weighted by molar-refractivity contribution is 5.87. The van der Waals surface area contributed by atoms with Crippen LogP contribution < -0.4 is 0 Å². The minimum absolute atomic E-state index is 0.262. The number of carboxylic acids is 1. The lowest BCUT2D eigenvalue weighted by Gasteiger charge is -2.02. The summed E-state index contributed by atoms with van der Waals surface area (Å²) < 4.78 is 0. The minimum atomic E-state index is -0.912. The Morgan fingerprint density at radius 3 is 2.33 bits per heavy atom. The second kappa shape index (κ2) is 8.67. The van der Waals surface area contributed by atoms with Crippen molar-refractivity contribution in [1.29, 1.82) is 0 Å². The van der Waals surface area contributed by atoms with E-state index in [1.807, 2.05) is 6.07 Å². The smallest absolute Gasteiger partial charge is 0.337 e. The molecule has 0 aliphatic heterocycles. The van der Waals surface area contributed by atoms with Crippen molar-refractivity contribution in [2.45, 2.75) is 58.3 Å². The summed E-state index contributed by atoms with van der Waals surface area (Å²) in [6.45, 7) is 2.23. The first-order chi connectivity index (χ1) is 8.74. The molecule has 0 aliphatic rings. The molecule has 0 spiro atoms. The first-order valence-corrected chi connectivity index (χ1v) is 6.92. The van der Waals surface area contributed by atoms with E-state index in [1.54, 1.807) is 6.07 Å².